The number of nitrogens with one attached hydrogen (secondary N) is 1. The van der Waals surface area contributed by atoms with Crippen molar-refractivity contribution in [2.45, 2.75) is 11.3 Å². The molecule has 0 aromatic heterocycles. The standard InChI is InChI=1S/C18H26N4O5S/c1-27-12-2-7-19-17(23)13-20-8-10-21(11-9-20)18(24)14-28-16-5-3-15(4-6-16)22(25)26/h3-6H,2,7-14H2,1H3,(H,19,23). The van der Waals surface area contributed by atoms with Gasteiger partial charge in [-0.05, 0) is 18.6 Å². The van der Waals surface area contributed by atoms with Crippen LogP contribution in [0.5, 0.6) is 0 Å². The molecular formula is C18H26N4O5S. The van der Waals surface area contributed by atoms with E-state index < -0.39 is 4.92 Å². The molecule has 1 aliphatic rings. The SMILES string of the molecule is COCCCNC(=O)CN1CCN(C(=O)CSc2ccc([N+](=O)[O-])cc2)CC1. The van der Waals surface area contributed by atoms with E-state index in [1.165, 1.54) is 23.9 Å². The molecule has 2 rings (SSSR count). The summed E-state index contributed by atoms with van der Waals surface area (Å²) in [5.74, 6) is 0.314. The number of hydrogen-bond donors (Lipinski definition) is 1. The molecule has 2 amide bonds. The lowest BCUT2D eigenvalue weighted by Crippen LogP contribution is -2.51. The molecule has 1 saturated heterocycles. The summed E-state index contributed by atoms with van der Waals surface area (Å²) in [6, 6.07) is 6.18. The molecular weight excluding hydrogens is 384 g/mol. The van der Waals surface area contributed by atoms with Crippen LogP contribution in [0.15, 0.2) is 29.2 Å². The number of ether oxygens (including phenoxy) is 1. The average Bonchev–Trinajstić information content (AvgIpc) is 2.70. The molecule has 0 aliphatic carbocycles. The number of hydrogen-bond acceptors (Lipinski definition) is 7. The van der Waals surface area contributed by atoms with E-state index in [0.717, 1.165) is 11.3 Å². The van der Waals surface area contributed by atoms with Crippen LogP contribution in [-0.4, -0.2) is 85.3 Å². The van der Waals surface area contributed by atoms with Gasteiger partial charge in [0.25, 0.3) is 5.69 Å². The molecule has 0 unspecified atom stereocenters. The maximum absolute atomic E-state index is 12.4. The smallest absolute Gasteiger partial charge is 0.269 e. The zero-order valence-electron chi connectivity index (χ0n) is 16.0. The summed E-state index contributed by atoms with van der Waals surface area (Å²) in [7, 11) is 1.63. The van der Waals surface area contributed by atoms with Gasteiger partial charge in [-0.1, -0.05) is 0 Å². The fraction of sp³-hybridized carbons (Fsp3) is 0.556. The van der Waals surface area contributed by atoms with E-state index in [0.29, 0.717) is 45.9 Å². The minimum Gasteiger partial charge on any atom is -0.385 e. The molecule has 1 aliphatic heterocycles. The maximum atomic E-state index is 12.4. The van der Waals surface area contributed by atoms with E-state index in [-0.39, 0.29) is 23.3 Å². The van der Waals surface area contributed by atoms with Gasteiger partial charge in [-0.2, -0.15) is 0 Å². The van der Waals surface area contributed by atoms with Crippen LogP contribution >= 0.6 is 11.8 Å². The summed E-state index contributed by atoms with van der Waals surface area (Å²) >= 11 is 1.37. The fourth-order valence-corrected chi connectivity index (χ4v) is 3.56. The van der Waals surface area contributed by atoms with Gasteiger partial charge in [0.1, 0.15) is 0 Å². The summed E-state index contributed by atoms with van der Waals surface area (Å²) in [5, 5.41) is 13.5. The Morgan fingerprint density at radius 3 is 2.50 bits per heavy atom. The molecule has 0 radical (unpaired) electrons. The first-order valence-corrected chi connectivity index (χ1v) is 10.1. The van der Waals surface area contributed by atoms with Crippen molar-refractivity contribution in [3.05, 3.63) is 34.4 Å². The van der Waals surface area contributed by atoms with Gasteiger partial charge >= 0.3 is 0 Å². The molecule has 154 valence electrons. The second kappa shape index (κ2) is 11.6. The molecule has 1 fully saturated rings. The quantitative estimate of drug-likeness (QED) is 0.265. The largest absolute Gasteiger partial charge is 0.385 e. The van der Waals surface area contributed by atoms with Crippen molar-refractivity contribution in [2.24, 2.45) is 0 Å². The number of carbonyl (C=O) groups is 2. The third-order valence-corrected chi connectivity index (χ3v) is 5.35. The molecule has 1 N–H and O–H groups in total. The topological polar surface area (TPSA) is 105 Å². The van der Waals surface area contributed by atoms with Gasteiger partial charge in [-0.25, -0.2) is 0 Å². The zero-order valence-corrected chi connectivity index (χ0v) is 16.8. The number of non-ortho nitro benzene ring substituents is 1. The highest BCUT2D eigenvalue weighted by Crippen LogP contribution is 2.21. The van der Waals surface area contributed by atoms with Gasteiger partial charge in [-0.3, -0.25) is 24.6 Å². The number of carbonyl (C=O) groups excluding carboxylic acids is 2. The van der Waals surface area contributed by atoms with E-state index in [2.05, 4.69) is 5.32 Å². The Morgan fingerprint density at radius 2 is 1.89 bits per heavy atom. The number of nitro groups is 1. The highest BCUT2D eigenvalue weighted by molar-refractivity contribution is 8.00. The molecule has 0 bridgehead atoms. The average molecular weight is 410 g/mol. The number of nitro benzene ring substituents is 1. The molecule has 9 nitrogen and oxygen atoms in total. The summed E-state index contributed by atoms with van der Waals surface area (Å²) in [6.07, 6.45) is 0.789. The van der Waals surface area contributed by atoms with Crippen molar-refractivity contribution in [3.63, 3.8) is 0 Å². The Bertz CT molecular complexity index is 662. The van der Waals surface area contributed by atoms with Gasteiger partial charge in [0.05, 0.1) is 17.2 Å². The second-order valence-electron chi connectivity index (χ2n) is 6.39. The van der Waals surface area contributed by atoms with Crippen LogP contribution < -0.4 is 5.32 Å². The molecule has 10 heteroatoms. The lowest BCUT2D eigenvalue weighted by molar-refractivity contribution is -0.384. The van der Waals surface area contributed by atoms with Crippen LogP contribution in [0.25, 0.3) is 0 Å². The van der Waals surface area contributed by atoms with Crippen LogP contribution in [0.1, 0.15) is 6.42 Å². The third kappa shape index (κ3) is 7.45. The molecule has 1 aromatic rings. The summed E-state index contributed by atoms with van der Waals surface area (Å²) < 4.78 is 4.94. The van der Waals surface area contributed by atoms with E-state index in [1.807, 2.05) is 4.90 Å². The Kier molecular flexibility index (Phi) is 9.18. The molecule has 1 aromatic carbocycles. The van der Waals surface area contributed by atoms with Gasteiger partial charge in [0.15, 0.2) is 0 Å². The van der Waals surface area contributed by atoms with Gasteiger partial charge in [0, 0.05) is 63.5 Å². The summed E-state index contributed by atoms with van der Waals surface area (Å²) in [6.45, 7) is 4.09. The molecule has 1 heterocycles. The van der Waals surface area contributed by atoms with Crippen LogP contribution in [0.2, 0.25) is 0 Å². The molecule has 0 saturated carbocycles. The maximum Gasteiger partial charge on any atom is 0.269 e. The lowest BCUT2D eigenvalue weighted by Gasteiger charge is -2.34. The van der Waals surface area contributed by atoms with Crippen LogP contribution in [0.4, 0.5) is 5.69 Å². The first kappa shape index (κ1) is 22.1. The van der Waals surface area contributed by atoms with E-state index >= 15 is 0 Å². The summed E-state index contributed by atoms with van der Waals surface area (Å²) in [4.78, 5) is 39.1. The number of methoxy groups -OCH3 is 1. The Labute approximate surface area is 168 Å². The van der Waals surface area contributed by atoms with Crippen molar-refractivity contribution in [1.82, 2.24) is 15.1 Å². The number of piperazine rings is 1. The van der Waals surface area contributed by atoms with Crippen molar-refractivity contribution in [2.75, 3.05) is 58.7 Å². The Morgan fingerprint density at radius 1 is 1.21 bits per heavy atom. The van der Waals surface area contributed by atoms with Crippen LogP contribution in [0.3, 0.4) is 0 Å². The van der Waals surface area contributed by atoms with E-state index in [4.69, 9.17) is 4.74 Å². The van der Waals surface area contributed by atoms with Crippen LogP contribution in [-0.2, 0) is 14.3 Å². The number of nitrogens with zero attached hydrogens (tertiary/aromatic N) is 3. The molecule has 28 heavy (non-hydrogen) atoms. The van der Waals surface area contributed by atoms with Gasteiger partial charge in [-0.15, -0.1) is 11.8 Å². The number of amides is 2. The van der Waals surface area contributed by atoms with E-state index in [1.54, 1.807) is 24.1 Å². The lowest BCUT2D eigenvalue weighted by atomic mass is 10.3. The van der Waals surface area contributed by atoms with Crippen molar-refractivity contribution in [3.8, 4) is 0 Å². The van der Waals surface area contributed by atoms with Crippen molar-refractivity contribution >= 4 is 29.3 Å². The monoisotopic (exact) mass is 410 g/mol. The normalized spacial score (nSPS) is 14.7. The van der Waals surface area contributed by atoms with Crippen molar-refractivity contribution < 1.29 is 19.2 Å². The zero-order chi connectivity index (χ0) is 20.4. The second-order valence-corrected chi connectivity index (χ2v) is 7.44. The molecule has 0 atom stereocenters. The Hall–Kier alpha value is -2.17. The van der Waals surface area contributed by atoms with Crippen molar-refractivity contribution in [1.29, 1.82) is 0 Å². The number of thioether (sulfide) groups is 1. The highest BCUT2D eigenvalue weighted by atomic mass is 32.2. The molecule has 0 spiro atoms. The number of rotatable bonds is 10. The van der Waals surface area contributed by atoms with Crippen LogP contribution in [0, 0.1) is 10.1 Å². The first-order chi connectivity index (χ1) is 13.5. The fourth-order valence-electron chi connectivity index (χ4n) is 2.76. The van der Waals surface area contributed by atoms with E-state index in [9.17, 15) is 19.7 Å². The third-order valence-electron chi connectivity index (χ3n) is 4.35. The summed E-state index contributed by atoms with van der Waals surface area (Å²) in [5.41, 5.74) is 0.0366. The predicted octanol–water partition coefficient (Wildman–Crippen LogP) is 0.984. The number of benzene rings is 1. The Balaban J connectivity index is 1.66. The highest BCUT2D eigenvalue weighted by Gasteiger charge is 2.22. The van der Waals surface area contributed by atoms with Gasteiger partial charge < -0.3 is 15.0 Å². The minimum absolute atomic E-state index is 0.00962. The first-order valence-electron chi connectivity index (χ1n) is 9.12. The minimum atomic E-state index is -0.445. The predicted molar refractivity (Wildman–Crippen MR) is 106 cm³/mol. The van der Waals surface area contributed by atoms with Gasteiger partial charge in [0.2, 0.25) is 11.8 Å².